The van der Waals surface area contributed by atoms with Crippen LogP contribution in [0.3, 0.4) is 0 Å². The van der Waals surface area contributed by atoms with Gasteiger partial charge in [0.25, 0.3) is 0 Å². The van der Waals surface area contributed by atoms with Crippen molar-refractivity contribution in [3.63, 3.8) is 0 Å². The quantitative estimate of drug-likeness (QED) is 0.719. The molecule has 1 aromatic carbocycles. The van der Waals surface area contributed by atoms with Gasteiger partial charge in [-0.1, -0.05) is 24.6 Å². The van der Waals surface area contributed by atoms with Crippen LogP contribution in [0.5, 0.6) is 5.75 Å². The molecule has 128 valence electrons. The smallest absolute Gasteiger partial charge is 0.122 e. The van der Waals surface area contributed by atoms with Crippen molar-refractivity contribution in [2.24, 2.45) is 5.92 Å². The molecule has 2 rings (SSSR count). The van der Waals surface area contributed by atoms with E-state index in [1.54, 1.807) is 0 Å². The molecule has 1 aromatic rings. The van der Waals surface area contributed by atoms with Crippen molar-refractivity contribution in [1.29, 1.82) is 0 Å². The lowest BCUT2D eigenvalue weighted by molar-refractivity contribution is 0.185. The van der Waals surface area contributed by atoms with E-state index in [4.69, 9.17) is 0 Å². The van der Waals surface area contributed by atoms with E-state index in [0.29, 0.717) is 17.6 Å². The van der Waals surface area contributed by atoms with E-state index in [9.17, 15) is 10.2 Å². The predicted molar refractivity (Wildman–Crippen MR) is 97.2 cm³/mol. The summed E-state index contributed by atoms with van der Waals surface area (Å²) in [5, 5.41) is 20.6. The van der Waals surface area contributed by atoms with Gasteiger partial charge in [-0.2, -0.15) is 0 Å². The molecule has 1 unspecified atom stereocenters. The third-order valence-corrected chi connectivity index (χ3v) is 5.58. The zero-order valence-electron chi connectivity index (χ0n) is 15.3. The minimum atomic E-state index is 0.225. The van der Waals surface area contributed by atoms with Gasteiger partial charge in [-0.3, -0.25) is 0 Å². The fourth-order valence-electron chi connectivity index (χ4n) is 3.99. The molecule has 0 heterocycles. The number of rotatable bonds is 5. The number of fused-ring (bicyclic) bond motifs is 1. The van der Waals surface area contributed by atoms with Crippen LogP contribution in [-0.2, 0) is 0 Å². The number of phenols is 1. The minimum absolute atomic E-state index is 0.225. The molecule has 0 amide bonds. The van der Waals surface area contributed by atoms with Gasteiger partial charge in [0.2, 0.25) is 0 Å². The Balaban J connectivity index is 2.35. The summed E-state index contributed by atoms with van der Waals surface area (Å²) < 4.78 is 0. The highest BCUT2D eigenvalue weighted by atomic mass is 16.3. The lowest BCUT2D eigenvalue weighted by atomic mass is 9.70. The Labute approximate surface area is 141 Å². The van der Waals surface area contributed by atoms with Crippen LogP contribution in [0, 0.1) is 19.8 Å². The normalized spacial score (nSPS) is 21.7. The fraction of sp³-hybridized carbons (Fsp3) is 0.619. The number of hydrogen-bond acceptors (Lipinski definition) is 2. The molecule has 0 saturated carbocycles. The van der Waals surface area contributed by atoms with Crippen molar-refractivity contribution in [2.75, 3.05) is 6.61 Å². The molecule has 0 bridgehead atoms. The van der Waals surface area contributed by atoms with Crippen LogP contribution < -0.4 is 0 Å². The maximum absolute atomic E-state index is 10.6. The second-order valence-electron chi connectivity index (χ2n) is 7.56. The summed E-state index contributed by atoms with van der Waals surface area (Å²) in [6, 6.07) is 2.26. The molecule has 0 fully saturated rings. The third-order valence-electron chi connectivity index (χ3n) is 5.58. The molecule has 0 aliphatic heterocycles. The summed E-state index contributed by atoms with van der Waals surface area (Å²) in [6.07, 6.45) is 6.48. The number of aryl methyl sites for hydroxylation is 1. The van der Waals surface area contributed by atoms with E-state index < -0.39 is 0 Å². The highest BCUT2D eigenvalue weighted by Crippen LogP contribution is 2.48. The Morgan fingerprint density at radius 2 is 2.00 bits per heavy atom. The Hall–Kier alpha value is -1.28. The second-order valence-corrected chi connectivity index (χ2v) is 7.56. The first-order valence-corrected chi connectivity index (χ1v) is 8.94. The van der Waals surface area contributed by atoms with Gasteiger partial charge in [0, 0.05) is 12.2 Å². The number of benzene rings is 1. The number of allylic oxidation sites excluding steroid dienone is 2. The Bertz CT molecular complexity index is 582. The molecular formula is C21H32O2. The summed E-state index contributed by atoms with van der Waals surface area (Å²) in [6.45, 7) is 10.7. The van der Waals surface area contributed by atoms with Gasteiger partial charge in [0.05, 0.1) is 0 Å². The maximum Gasteiger partial charge on any atom is 0.122 e. The highest BCUT2D eigenvalue weighted by Gasteiger charge is 2.32. The van der Waals surface area contributed by atoms with Gasteiger partial charge < -0.3 is 10.2 Å². The molecule has 2 heteroatoms. The number of aromatic hydroxyl groups is 1. The molecule has 0 radical (unpaired) electrons. The molecule has 1 aliphatic rings. The zero-order valence-corrected chi connectivity index (χ0v) is 15.3. The molecular weight excluding hydrogens is 284 g/mol. The number of phenolic OH excluding ortho intramolecular Hbond substituents is 1. The first-order valence-electron chi connectivity index (χ1n) is 8.94. The van der Waals surface area contributed by atoms with E-state index in [1.807, 2.05) is 6.92 Å². The van der Waals surface area contributed by atoms with Crippen LogP contribution in [-0.4, -0.2) is 16.8 Å². The lowest BCUT2D eigenvalue weighted by Gasteiger charge is -2.35. The van der Waals surface area contributed by atoms with Crippen LogP contribution in [0.25, 0.3) is 0 Å². The van der Waals surface area contributed by atoms with Gasteiger partial charge in [-0.25, -0.2) is 0 Å². The number of aliphatic hydroxyl groups is 1. The summed E-state index contributed by atoms with van der Waals surface area (Å²) >= 11 is 0. The minimum Gasteiger partial charge on any atom is -0.507 e. The molecule has 0 saturated heterocycles. The Morgan fingerprint density at radius 1 is 1.30 bits per heavy atom. The average Bonchev–Trinajstić information content (AvgIpc) is 2.50. The van der Waals surface area contributed by atoms with E-state index >= 15 is 0 Å². The molecule has 23 heavy (non-hydrogen) atoms. The lowest BCUT2D eigenvalue weighted by Crippen LogP contribution is -2.23. The Morgan fingerprint density at radius 3 is 2.61 bits per heavy atom. The maximum atomic E-state index is 10.6. The monoisotopic (exact) mass is 316 g/mol. The van der Waals surface area contributed by atoms with Crippen molar-refractivity contribution in [2.45, 2.75) is 72.1 Å². The largest absolute Gasteiger partial charge is 0.507 e. The van der Waals surface area contributed by atoms with E-state index in [-0.39, 0.29) is 12.5 Å². The number of aliphatic hydroxyl groups excluding tert-OH is 1. The first-order chi connectivity index (χ1) is 10.9. The number of hydrogen-bond donors (Lipinski definition) is 2. The van der Waals surface area contributed by atoms with Gasteiger partial charge in [0.1, 0.15) is 5.75 Å². The molecule has 2 N–H and O–H groups in total. The standard InChI is InChI=1S/C21H32O2/c1-13(2)7-6-8-17(12-22)18-10-9-14(3)20-19(18)11-15(4)16(5)21(20)23/h7,11,14,17-18,22-23H,6,8-10,12H2,1-5H3/t14-,17-,18?/m1/s1. The van der Waals surface area contributed by atoms with Crippen LogP contribution in [0.4, 0.5) is 0 Å². The third kappa shape index (κ3) is 3.80. The fourth-order valence-corrected chi connectivity index (χ4v) is 3.99. The van der Waals surface area contributed by atoms with Gasteiger partial charge in [0.15, 0.2) is 0 Å². The van der Waals surface area contributed by atoms with E-state index in [0.717, 1.165) is 42.4 Å². The molecule has 0 spiro atoms. The van der Waals surface area contributed by atoms with Crippen molar-refractivity contribution in [3.8, 4) is 5.75 Å². The van der Waals surface area contributed by atoms with Gasteiger partial charge in [-0.05, 0) is 87.8 Å². The van der Waals surface area contributed by atoms with Gasteiger partial charge in [-0.15, -0.1) is 0 Å². The van der Waals surface area contributed by atoms with Crippen molar-refractivity contribution in [1.82, 2.24) is 0 Å². The van der Waals surface area contributed by atoms with Crippen LogP contribution in [0.15, 0.2) is 17.7 Å². The molecule has 1 aliphatic carbocycles. The highest BCUT2D eigenvalue weighted by molar-refractivity contribution is 5.53. The predicted octanol–water partition coefficient (Wildman–Crippen LogP) is 5.34. The van der Waals surface area contributed by atoms with Crippen LogP contribution in [0.2, 0.25) is 0 Å². The van der Waals surface area contributed by atoms with Crippen molar-refractivity contribution < 1.29 is 10.2 Å². The summed E-state index contributed by atoms with van der Waals surface area (Å²) in [5.41, 5.74) is 5.90. The first kappa shape index (κ1) is 18.1. The average molecular weight is 316 g/mol. The van der Waals surface area contributed by atoms with E-state index in [2.05, 4.69) is 39.8 Å². The summed E-state index contributed by atoms with van der Waals surface area (Å²) in [5.74, 6) is 1.52. The second kappa shape index (κ2) is 7.53. The SMILES string of the molecule is CC(C)=CCC[C@H](CO)C1CC[C@@H](C)c2c1cc(C)c(C)c2O. The van der Waals surface area contributed by atoms with Crippen LogP contribution >= 0.6 is 0 Å². The summed E-state index contributed by atoms with van der Waals surface area (Å²) in [7, 11) is 0. The van der Waals surface area contributed by atoms with Crippen LogP contribution in [0.1, 0.15) is 80.5 Å². The Kier molecular flexibility index (Phi) is 5.91. The van der Waals surface area contributed by atoms with Crippen molar-refractivity contribution in [3.05, 3.63) is 40.0 Å². The van der Waals surface area contributed by atoms with Gasteiger partial charge >= 0.3 is 0 Å². The van der Waals surface area contributed by atoms with E-state index in [1.165, 1.54) is 11.1 Å². The zero-order chi connectivity index (χ0) is 17.1. The summed E-state index contributed by atoms with van der Waals surface area (Å²) in [4.78, 5) is 0. The van der Waals surface area contributed by atoms with Crippen molar-refractivity contribution >= 4 is 0 Å². The molecule has 2 nitrogen and oxygen atoms in total. The molecule has 0 aromatic heterocycles. The molecule has 3 atom stereocenters. The topological polar surface area (TPSA) is 40.5 Å².